The maximum Gasteiger partial charge on any atom is 0.408 e. The quantitative estimate of drug-likeness (QED) is 0.212. The number of amides is 3. The molecular weight excluding hydrogens is 620 g/mol. The van der Waals surface area contributed by atoms with Crippen LogP contribution in [0.2, 0.25) is 0 Å². The lowest BCUT2D eigenvalue weighted by Crippen LogP contribution is -2.61. The summed E-state index contributed by atoms with van der Waals surface area (Å²) in [5.41, 5.74) is 1.38. The molecule has 0 aliphatic carbocycles. The Morgan fingerprint density at radius 1 is 0.939 bits per heavy atom. The molecule has 1 aromatic heterocycles. The summed E-state index contributed by atoms with van der Waals surface area (Å²) in [6.45, 7) is 9.04. The number of fused-ring (bicyclic) bond motifs is 2. The topological polar surface area (TPSA) is 130 Å². The van der Waals surface area contributed by atoms with Gasteiger partial charge in [-0.1, -0.05) is 66.7 Å². The van der Waals surface area contributed by atoms with Crippen molar-refractivity contribution in [2.75, 3.05) is 13.1 Å². The van der Waals surface area contributed by atoms with Gasteiger partial charge < -0.3 is 30.0 Å². The molecule has 6 rings (SSSR count). The van der Waals surface area contributed by atoms with E-state index in [1.165, 1.54) is 0 Å². The van der Waals surface area contributed by atoms with Crippen molar-refractivity contribution in [3.05, 3.63) is 107 Å². The second-order valence-corrected chi connectivity index (χ2v) is 14.6. The van der Waals surface area contributed by atoms with Crippen molar-refractivity contribution in [3.63, 3.8) is 0 Å². The number of aromatic nitrogens is 1. The molecular formula is C39H44N4O6. The Kier molecular flexibility index (Phi) is 9.00. The van der Waals surface area contributed by atoms with Gasteiger partial charge in [0.25, 0.3) is 0 Å². The Morgan fingerprint density at radius 2 is 1.59 bits per heavy atom. The summed E-state index contributed by atoms with van der Waals surface area (Å²) in [5.74, 6) is -1.32. The molecule has 0 bridgehead atoms. The summed E-state index contributed by atoms with van der Waals surface area (Å²) in [4.78, 5) is 59.1. The molecule has 1 spiro atoms. The molecule has 2 aliphatic rings. The SMILES string of the molecule is CC(C)(C)OC(=O)NC(C)(C)C(=O)NC(Cc1c[nH]c2ccccc12)C(=O)N1CCC2(CC1)OC(=O)c1ccccc1[C@H]2c1ccccc1. The molecule has 3 amide bonds. The fourth-order valence-corrected chi connectivity index (χ4v) is 7.04. The number of likely N-dealkylation sites (tertiary alicyclic amines) is 1. The molecule has 10 nitrogen and oxygen atoms in total. The number of aromatic amines is 1. The summed E-state index contributed by atoms with van der Waals surface area (Å²) < 4.78 is 11.7. The highest BCUT2D eigenvalue weighted by atomic mass is 16.6. The lowest BCUT2D eigenvalue weighted by atomic mass is 9.69. The zero-order valence-corrected chi connectivity index (χ0v) is 28.7. The number of piperidine rings is 1. The van der Waals surface area contributed by atoms with Gasteiger partial charge >= 0.3 is 12.1 Å². The van der Waals surface area contributed by atoms with E-state index in [9.17, 15) is 19.2 Å². The molecule has 256 valence electrons. The average molecular weight is 665 g/mol. The minimum atomic E-state index is -1.38. The van der Waals surface area contributed by atoms with E-state index in [1.54, 1.807) is 45.6 Å². The van der Waals surface area contributed by atoms with Gasteiger partial charge in [0.1, 0.15) is 22.8 Å². The fourth-order valence-electron chi connectivity index (χ4n) is 7.04. The van der Waals surface area contributed by atoms with Crippen LogP contribution in [0, 0.1) is 0 Å². The molecule has 2 aliphatic heterocycles. The Labute approximate surface area is 286 Å². The predicted octanol–water partition coefficient (Wildman–Crippen LogP) is 5.86. The zero-order valence-electron chi connectivity index (χ0n) is 28.7. The zero-order chi connectivity index (χ0) is 35.0. The molecule has 3 heterocycles. The van der Waals surface area contributed by atoms with E-state index in [0.717, 1.165) is 27.6 Å². The van der Waals surface area contributed by atoms with Gasteiger partial charge in [-0.15, -0.1) is 0 Å². The molecule has 3 N–H and O–H groups in total. The van der Waals surface area contributed by atoms with Crippen LogP contribution >= 0.6 is 0 Å². The molecule has 10 heteroatoms. The first-order chi connectivity index (χ1) is 23.3. The number of para-hydroxylation sites is 1. The number of ether oxygens (including phenoxy) is 2. The van der Waals surface area contributed by atoms with Gasteiger partial charge in [0, 0.05) is 55.4 Å². The number of benzene rings is 3. The van der Waals surface area contributed by atoms with E-state index < -0.39 is 34.8 Å². The summed E-state index contributed by atoms with van der Waals surface area (Å²) in [6, 6.07) is 24.5. The van der Waals surface area contributed by atoms with Crippen LogP contribution < -0.4 is 10.6 Å². The largest absolute Gasteiger partial charge is 0.454 e. The maximum absolute atomic E-state index is 14.4. The summed E-state index contributed by atoms with van der Waals surface area (Å²) >= 11 is 0. The van der Waals surface area contributed by atoms with Crippen molar-refractivity contribution in [2.24, 2.45) is 0 Å². The Bertz CT molecular complexity index is 1870. The number of nitrogens with zero attached hydrogens (tertiary/aromatic N) is 1. The van der Waals surface area contributed by atoms with E-state index in [0.29, 0.717) is 31.5 Å². The van der Waals surface area contributed by atoms with Crippen LogP contribution in [0.15, 0.2) is 85.1 Å². The highest BCUT2D eigenvalue weighted by Gasteiger charge is 2.51. The van der Waals surface area contributed by atoms with Crippen LogP contribution in [0.5, 0.6) is 0 Å². The molecule has 1 unspecified atom stereocenters. The number of nitrogens with one attached hydrogen (secondary N) is 3. The highest BCUT2D eigenvalue weighted by Crippen LogP contribution is 2.48. The normalized spacial score (nSPS) is 17.9. The third kappa shape index (κ3) is 7.04. The van der Waals surface area contributed by atoms with Crippen molar-refractivity contribution in [1.82, 2.24) is 20.5 Å². The molecule has 0 saturated carbocycles. The van der Waals surface area contributed by atoms with Crippen LogP contribution in [0.1, 0.15) is 80.4 Å². The summed E-state index contributed by atoms with van der Waals surface area (Å²) in [6.07, 6.45) is 2.21. The lowest BCUT2D eigenvalue weighted by Gasteiger charge is -2.49. The maximum atomic E-state index is 14.4. The Morgan fingerprint density at radius 3 is 2.31 bits per heavy atom. The van der Waals surface area contributed by atoms with E-state index in [2.05, 4.69) is 27.8 Å². The second-order valence-electron chi connectivity index (χ2n) is 14.6. The number of alkyl carbamates (subject to hydrolysis) is 1. The van der Waals surface area contributed by atoms with Crippen LogP contribution in [0.4, 0.5) is 4.79 Å². The van der Waals surface area contributed by atoms with Gasteiger partial charge in [-0.2, -0.15) is 0 Å². The van der Waals surface area contributed by atoms with Gasteiger partial charge in [-0.3, -0.25) is 9.59 Å². The first-order valence-electron chi connectivity index (χ1n) is 16.8. The van der Waals surface area contributed by atoms with Crippen LogP contribution in [-0.4, -0.2) is 69.6 Å². The number of carbonyl (C=O) groups is 4. The minimum Gasteiger partial charge on any atom is -0.454 e. The molecule has 4 aromatic rings. The van der Waals surface area contributed by atoms with Gasteiger partial charge in [-0.05, 0) is 63.4 Å². The molecule has 1 fully saturated rings. The molecule has 49 heavy (non-hydrogen) atoms. The van der Waals surface area contributed by atoms with Crippen molar-refractivity contribution < 1.29 is 28.7 Å². The fraction of sp³-hybridized carbons (Fsp3) is 0.385. The van der Waals surface area contributed by atoms with Crippen molar-refractivity contribution in [2.45, 2.75) is 82.6 Å². The number of H-pyrrole nitrogens is 1. The Balaban J connectivity index is 1.25. The monoisotopic (exact) mass is 664 g/mol. The van der Waals surface area contributed by atoms with Gasteiger partial charge in [0.05, 0.1) is 5.56 Å². The van der Waals surface area contributed by atoms with Gasteiger partial charge in [0.2, 0.25) is 11.8 Å². The van der Waals surface area contributed by atoms with Crippen molar-refractivity contribution in [1.29, 1.82) is 0 Å². The number of hydrogen-bond acceptors (Lipinski definition) is 6. The first kappa shape index (κ1) is 33.8. The number of carbonyl (C=O) groups excluding carboxylic acids is 4. The van der Waals surface area contributed by atoms with Crippen molar-refractivity contribution in [3.8, 4) is 0 Å². The third-order valence-corrected chi connectivity index (χ3v) is 9.45. The van der Waals surface area contributed by atoms with E-state index in [4.69, 9.17) is 9.47 Å². The lowest BCUT2D eigenvalue weighted by molar-refractivity contribution is -0.142. The van der Waals surface area contributed by atoms with Crippen LogP contribution in [-0.2, 0) is 25.5 Å². The Hall–Kier alpha value is -5.12. The smallest absolute Gasteiger partial charge is 0.408 e. The molecule has 1 saturated heterocycles. The van der Waals surface area contributed by atoms with Crippen LogP contribution in [0.25, 0.3) is 10.9 Å². The average Bonchev–Trinajstić information content (AvgIpc) is 3.46. The molecule has 3 aromatic carbocycles. The second kappa shape index (κ2) is 13.1. The number of esters is 1. The van der Waals surface area contributed by atoms with Crippen molar-refractivity contribution >= 4 is 34.8 Å². The third-order valence-electron chi connectivity index (χ3n) is 9.45. The minimum absolute atomic E-state index is 0.193. The highest BCUT2D eigenvalue weighted by molar-refractivity contribution is 5.95. The van der Waals surface area contributed by atoms with Gasteiger partial charge in [-0.25, -0.2) is 9.59 Å². The summed E-state index contributed by atoms with van der Waals surface area (Å²) in [5, 5.41) is 6.55. The first-order valence-corrected chi connectivity index (χ1v) is 16.8. The number of hydrogen-bond donors (Lipinski definition) is 3. The predicted molar refractivity (Wildman–Crippen MR) is 186 cm³/mol. The standard InChI is InChI=1S/C39H44N4O6/c1-37(2,3)49-36(47)42-38(4,5)35(46)41-31(23-26-24-40-30-18-12-11-15-27(26)30)33(44)43-21-19-39(20-22-43)32(25-13-7-6-8-14-25)28-16-9-10-17-29(28)34(45)48-39/h6-18,24,31-32,40H,19-23H2,1-5H3,(H,41,46)(H,42,47)/t31?,32-/m1/s1. The van der Waals surface area contributed by atoms with Crippen LogP contribution in [0.3, 0.4) is 0 Å². The van der Waals surface area contributed by atoms with E-state index in [1.807, 2.05) is 66.9 Å². The van der Waals surface area contributed by atoms with Gasteiger partial charge in [0.15, 0.2) is 0 Å². The van der Waals surface area contributed by atoms with E-state index >= 15 is 0 Å². The molecule has 0 radical (unpaired) electrons. The number of rotatable bonds is 7. The molecule has 2 atom stereocenters. The summed E-state index contributed by atoms with van der Waals surface area (Å²) in [7, 11) is 0. The van der Waals surface area contributed by atoms with E-state index in [-0.39, 0.29) is 24.2 Å².